The topological polar surface area (TPSA) is 74.8 Å². The van der Waals surface area contributed by atoms with Crippen molar-refractivity contribution in [3.8, 4) is 0 Å². The van der Waals surface area contributed by atoms with Crippen LogP contribution in [0, 0.1) is 0 Å². The van der Waals surface area contributed by atoms with E-state index in [-0.39, 0.29) is 23.6 Å². The fourth-order valence-electron chi connectivity index (χ4n) is 6.89. The van der Waals surface area contributed by atoms with Gasteiger partial charge in [0.05, 0.1) is 11.4 Å². The predicted molar refractivity (Wildman–Crippen MR) is 186 cm³/mol. The molecule has 46 heavy (non-hydrogen) atoms. The summed E-state index contributed by atoms with van der Waals surface area (Å²) in [5.74, 6) is -1.46. The molecule has 6 heteroatoms. The van der Waals surface area contributed by atoms with Gasteiger partial charge in [0.15, 0.2) is 0 Å². The lowest BCUT2D eigenvalue weighted by Crippen LogP contribution is -2.40. The molecule has 4 amide bonds. The molecule has 0 bridgehead atoms. The zero-order valence-electron chi connectivity index (χ0n) is 25.9. The molecule has 0 aliphatic carbocycles. The molecule has 0 radical (unpaired) electrons. The number of anilines is 2. The number of fused-ring (bicyclic) bond motifs is 2. The van der Waals surface area contributed by atoms with Gasteiger partial charge in [-0.25, -0.2) is 9.80 Å². The lowest BCUT2D eigenvalue weighted by atomic mass is 9.82. The van der Waals surface area contributed by atoms with Crippen LogP contribution < -0.4 is 9.80 Å². The highest BCUT2D eigenvalue weighted by molar-refractivity contribution is 6.45. The van der Waals surface area contributed by atoms with Crippen molar-refractivity contribution in [3.63, 3.8) is 0 Å². The summed E-state index contributed by atoms with van der Waals surface area (Å²) in [5, 5.41) is 6.37. The minimum atomic E-state index is -0.365. The van der Waals surface area contributed by atoms with Crippen molar-refractivity contribution in [1.82, 2.24) is 0 Å². The molecule has 0 saturated carbocycles. The van der Waals surface area contributed by atoms with Crippen molar-refractivity contribution in [2.24, 2.45) is 0 Å². The average molecular weight is 603 g/mol. The standard InChI is InChI=1S/C36H18N2O4.2C2H6/c39-33-25-15-11-21-23-13-17-27-32-28(36(42)38(35(27)41)20-9-5-2-6-10-20)18-14-24(30(23)32)22-12-16-26(31(25)29(21)22)34(40)37(33)19-7-3-1-4-8-19;2*1-2/h1-18H;2*1-2H3. The fraction of sp³-hybridized carbons (Fsp3) is 0.100. The normalized spacial score (nSPS) is 13.7. The average Bonchev–Trinajstić information content (AvgIpc) is 3.11. The summed E-state index contributed by atoms with van der Waals surface area (Å²) < 4.78 is 0. The third-order valence-corrected chi connectivity index (χ3v) is 8.66. The Morgan fingerprint density at radius 2 is 0.587 bits per heavy atom. The summed E-state index contributed by atoms with van der Waals surface area (Å²) in [4.78, 5) is 57.5. The Balaban J connectivity index is 0.000000815. The lowest BCUT2D eigenvalue weighted by molar-refractivity contribution is 0.0877. The molecule has 2 aliphatic heterocycles. The number of para-hydroxylation sites is 2. The maximum Gasteiger partial charge on any atom is 0.265 e. The molecule has 6 nitrogen and oxygen atoms in total. The SMILES string of the molecule is CC.CC.O=C1c2ccc3c4ccc5c6c(ccc(c7ccc(c2c37)C(=O)N1c1ccccc1)c64)C(=O)N(c1ccccc1)C5=O. The molecule has 0 saturated heterocycles. The smallest absolute Gasteiger partial charge is 0.265 e. The highest BCUT2D eigenvalue weighted by Gasteiger charge is 2.37. The van der Waals surface area contributed by atoms with Crippen LogP contribution in [0.15, 0.2) is 109 Å². The molecule has 0 atom stereocenters. The van der Waals surface area contributed by atoms with Crippen LogP contribution in [0.2, 0.25) is 0 Å². The second-order valence-corrected chi connectivity index (χ2v) is 10.7. The molecule has 0 fully saturated rings. The molecule has 0 unspecified atom stereocenters. The van der Waals surface area contributed by atoms with Crippen LogP contribution in [-0.2, 0) is 0 Å². The maximum atomic E-state index is 13.8. The van der Waals surface area contributed by atoms with E-state index in [0.29, 0.717) is 44.4 Å². The molecule has 0 aromatic heterocycles. The number of nitrogens with zero attached hydrogens (tertiary/aromatic N) is 2. The van der Waals surface area contributed by atoms with Crippen LogP contribution in [0.5, 0.6) is 0 Å². The van der Waals surface area contributed by atoms with E-state index in [1.165, 1.54) is 9.80 Å². The van der Waals surface area contributed by atoms with Crippen LogP contribution in [0.3, 0.4) is 0 Å². The molecule has 0 N–H and O–H groups in total. The summed E-state index contributed by atoms with van der Waals surface area (Å²) in [5.41, 5.74) is 2.91. The van der Waals surface area contributed by atoms with Crippen molar-refractivity contribution >= 4 is 78.1 Å². The van der Waals surface area contributed by atoms with E-state index < -0.39 is 0 Å². The predicted octanol–water partition coefficient (Wildman–Crippen LogP) is 9.39. The Labute approximate surface area is 265 Å². The van der Waals surface area contributed by atoms with Crippen molar-refractivity contribution in [2.45, 2.75) is 27.7 Å². The Hall–Kier alpha value is -5.88. The maximum absolute atomic E-state index is 13.8. The van der Waals surface area contributed by atoms with Gasteiger partial charge in [0.25, 0.3) is 23.6 Å². The fourth-order valence-corrected chi connectivity index (χ4v) is 6.89. The van der Waals surface area contributed by atoms with Gasteiger partial charge in [-0.05, 0) is 80.8 Å². The highest BCUT2D eigenvalue weighted by atomic mass is 16.2. The molecule has 0 spiro atoms. The lowest BCUT2D eigenvalue weighted by Gasteiger charge is -2.30. The van der Waals surface area contributed by atoms with Crippen molar-refractivity contribution < 1.29 is 19.2 Å². The second-order valence-electron chi connectivity index (χ2n) is 10.7. The van der Waals surface area contributed by atoms with Gasteiger partial charge >= 0.3 is 0 Å². The molecular formula is C40H30N2O4. The van der Waals surface area contributed by atoms with Gasteiger partial charge in [-0.2, -0.15) is 0 Å². The minimum absolute atomic E-state index is 0.365. The van der Waals surface area contributed by atoms with Gasteiger partial charge in [-0.1, -0.05) is 88.4 Å². The van der Waals surface area contributed by atoms with E-state index in [1.54, 1.807) is 72.8 Å². The van der Waals surface area contributed by atoms with Gasteiger partial charge in [0.2, 0.25) is 0 Å². The van der Waals surface area contributed by atoms with Crippen LogP contribution in [0.1, 0.15) is 69.1 Å². The summed E-state index contributed by atoms with van der Waals surface area (Å²) in [6, 6.07) is 32.7. The first kappa shape index (κ1) is 28.9. The quantitative estimate of drug-likeness (QED) is 0.112. The number of hydrogen-bond donors (Lipinski definition) is 0. The molecule has 7 aromatic carbocycles. The van der Waals surface area contributed by atoms with E-state index in [9.17, 15) is 19.2 Å². The van der Waals surface area contributed by atoms with Gasteiger partial charge in [-0.3, -0.25) is 19.2 Å². The summed E-state index contributed by atoms with van der Waals surface area (Å²) >= 11 is 0. The number of benzene rings is 7. The van der Waals surface area contributed by atoms with Gasteiger partial charge < -0.3 is 0 Å². The number of imide groups is 2. The number of amides is 4. The Morgan fingerprint density at radius 1 is 0.326 bits per heavy atom. The Kier molecular flexibility index (Phi) is 6.86. The summed E-state index contributed by atoms with van der Waals surface area (Å²) in [6.07, 6.45) is 0. The van der Waals surface area contributed by atoms with Crippen molar-refractivity contribution in [1.29, 1.82) is 0 Å². The Bertz CT molecular complexity index is 2090. The zero-order valence-corrected chi connectivity index (χ0v) is 25.9. The van der Waals surface area contributed by atoms with Crippen LogP contribution in [0.25, 0.3) is 43.1 Å². The molecule has 7 aromatic rings. The first-order valence-corrected chi connectivity index (χ1v) is 15.6. The van der Waals surface area contributed by atoms with Crippen molar-refractivity contribution in [2.75, 3.05) is 9.80 Å². The van der Waals surface area contributed by atoms with Crippen molar-refractivity contribution in [3.05, 3.63) is 131 Å². The summed E-state index contributed by atoms with van der Waals surface area (Å²) in [6.45, 7) is 8.00. The largest absolute Gasteiger partial charge is 0.268 e. The van der Waals surface area contributed by atoms with Gasteiger partial charge in [-0.15, -0.1) is 0 Å². The second kappa shape index (κ2) is 10.9. The van der Waals surface area contributed by atoms with E-state index in [4.69, 9.17) is 0 Å². The van der Waals surface area contributed by atoms with Gasteiger partial charge in [0, 0.05) is 33.0 Å². The number of rotatable bonds is 2. The van der Waals surface area contributed by atoms with E-state index in [0.717, 1.165) is 32.3 Å². The van der Waals surface area contributed by atoms with Gasteiger partial charge in [0.1, 0.15) is 0 Å². The van der Waals surface area contributed by atoms with Crippen LogP contribution in [-0.4, -0.2) is 23.6 Å². The van der Waals surface area contributed by atoms with E-state index >= 15 is 0 Å². The molecule has 9 rings (SSSR count). The first-order chi connectivity index (χ1) is 22.5. The third kappa shape index (κ3) is 3.76. The molecular weight excluding hydrogens is 572 g/mol. The number of hydrogen-bond acceptors (Lipinski definition) is 4. The molecule has 224 valence electrons. The van der Waals surface area contributed by atoms with Crippen LogP contribution >= 0.6 is 0 Å². The van der Waals surface area contributed by atoms with Crippen LogP contribution in [0.4, 0.5) is 11.4 Å². The monoisotopic (exact) mass is 602 g/mol. The minimum Gasteiger partial charge on any atom is -0.268 e. The highest BCUT2D eigenvalue weighted by Crippen LogP contribution is 2.46. The first-order valence-electron chi connectivity index (χ1n) is 15.6. The van der Waals surface area contributed by atoms with E-state index in [2.05, 4.69) is 0 Å². The zero-order chi connectivity index (χ0) is 32.3. The Morgan fingerprint density at radius 3 is 0.848 bits per heavy atom. The third-order valence-electron chi connectivity index (χ3n) is 8.66. The summed E-state index contributed by atoms with van der Waals surface area (Å²) in [7, 11) is 0. The number of carbonyl (C=O) groups is 4. The molecule has 2 heterocycles. The number of carbonyl (C=O) groups excluding carboxylic acids is 4. The molecule has 2 aliphatic rings. The van der Waals surface area contributed by atoms with E-state index in [1.807, 2.05) is 64.1 Å².